The van der Waals surface area contributed by atoms with Gasteiger partial charge in [-0.1, -0.05) is 172 Å². The zero-order chi connectivity index (χ0) is 31.6. The van der Waals surface area contributed by atoms with Gasteiger partial charge in [0.25, 0.3) is 0 Å². The zero-order valence-corrected chi connectivity index (χ0v) is 29.1. The van der Waals surface area contributed by atoms with Crippen LogP contribution in [0.3, 0.4) is 0 Å². The summed E-state index contributed by atoms with van der Waals surface area (Å²) in [5, 5.41) is 19.8. The van der Waals surface area contributed by atoms with E-state index in [-0.39, 0.29) is 5.41 Å². The Bertz CT molecular complexity index is 961. The van der Waals surface area contributed by atoms with Gasteiger partial charge in [0.15, 0.2) is 0 Å². The highest BCUT2D eigenvalue weighted by molar-refractivity contribution is 5.43. The quantitative estimate of drug-likeness (QED) is 0.137. The van der Waals surface area contributed by atoms with E-state index in [1.54, 1.807) is 0 Å². The standard InChI is InChI=1S/C43H68O2/c1-2-3-4-5-6-7-8-9-10-11-12-13-14-15-16-17-36-18-20-37(21-19-36)22-23-38-32-34-43(35-33-38,39-24-28-41(44)29-25-39)40-26-30-42(45)31-27-40/h24-31,36-38,44-45H,2-23,32-35H2,1H3. The van der Waals surface area contributed by atoms with Crippen molar-refractivity contribution in [2.45, 2.75) is 179 Å². The lowest BCUT2D eigenvalue weighted by Gasteiger charge is -2.42. The summed E-state index contributed by atoms with van der Waals surface area (Å²) >= 11 is 0. The SMILES string of the molecule is CCCCCCCCCCCCCCCCCC1CCC(CCC2CCC(c3ccc(O)cc3)(c3ccc(O)cc3)CC2)CC1. The van der Waals surface area contributed by atoms with Crippen molar-refractivity contribution in [3.8, 4) is 11.5 Å². The molecule has 4 rings (SSSR count). The number of phenols is 2. The number of benzene rings is 2. The minimum absolute atomic E-state index is 0.0110. The van der Waals surface area contributed by atoms with E-state index in [2.05, 4.69) is 31.2 Å². The van der Waals surface area contributed by atoms with Crippen LogP contribution in [0.1, 0.15) is 185 Å². The summed E-state index contributed by atoms with van der Waals surface area (Å²) in [6, 6.07) is 15.8. The molecule has 2 aliphatic rings. The highest BCUT2D eigenvalue weighted by atomic mass is 16.3. The second kappa shape index (κ2) is 20.3. The number of hydrogen-bond donors (Lipinski definition) is 2. The maximum absolute atomic E-state index is 9.90. The van der Waals surface area contributed by atoms with Gasteiger partial charge in [-0.2, -0.15) is 0 Å². The Morgan fingerprint density at radius 3 is 1.18 bits per heavy atom. The van der Waals surface area contributed by atoms with Crippen LogP contribution in [0.25, 0.3) is 0 Å². The molecule has 2 saturated carbocycles. The first kappa shape index (κ1) is 35.9. The number of phenolic OH excluding ortho intramolecular Hbond substituents is 2. The van der Waals surface area contributed by atoms with Gasteiger partial charge in [0, 0.05) is 5.41 Å². The van der Waals surface area contributed by atoms with Crippen LogP contribution >= 0.6 is 0 Å². The number of hydrogen-bond acceptors (Lipinski definition) is 2. The summed E-state index contributed by atoms with van der Waals surface area (Å²) < 4.78 is 0. The van der Waals surface area contributed by atoms with Crippen molar-refractivity contribution in [3.63, 3.8) is 0 Å². The fourth-order valence-electron chi connectivity index (χ4n) is 8.85. The van der Waals surface area contributed by atoms with Crippen LogP contribution in [0.15, 0.2) is 48.5 Å². The lowest BCUT2D eigenvalue weighted by atomic mass is 9.62. The summed E-state index contributed by atoms with van der Waals surface area (Å²) in [5.41, 5.74) is 2.59. The predicted octanol–water partition coefficient (Wildman–Crippen LogP) is 13.4. The van der Waals surface area contributed by atoms with E-state index in [9.17, 15) is 10.2 Å². The summed E-state index contributed by atoms with van der Waals surface area (Å²) in [6.07, 6.45) is 37.0. The van der Waals surface area contributed by atoms with E-state index in [4.69, 9.17) is 0 Å². The first-order valence-corrected chi connectivity index (χ1v) is 19.7. The van der Waals surface area contributed by atoms with Gasteiger partial charge in [0.2, 0.25) is 0 Å². The summed E-state index contributed by atoms with van der Waals surface area (Å²) in [5.74, 6) is 3.47. The number of rotatable bonds is 21. The molecule has 0 bridgehead atoms. The Morgan fingerprint density at radius 1 is 0.444 bits per heavy atom. The maximum Gasteiger partial charge on any atom is 0.115 e. The molecule has 0 unspecified atom stereocenters. The highest BCUT2D eigenvalue weighted by Crippen LogP contribution is 2.48. The van der Waals surface area contributed by atoms with Crippen LogP contribution < -0.4 is 0 Å². The van der Waals surface area contributed by atoms with Gasteiger partial charge >= 0.3 is 0 Å². The molecule has 2 N–H and O–H groups in total. The third-order valence-corrected chi connectivity index (χ3v) is 12.0. The van der Waals surface area contributed by atoms with Gasteiger partial charge in [0.05, 0.1) is 0 Å². The molecule has 0 aliphatic heterocycles. The molecule has 2 aromatic rings. The monoisotopic (exact) mass is 617 g/mol. The molecule has 252 valence electrons. The van der Waals surface area contributed by atoms with Crippen molar-refractivity contribution < 1.29 is 10.2 Å². The largest absolute Gasteiger partial charge is 0.508 e. The van der Waals surface area contributed by atoms with Gasteiger partial charge < -0.3 is 10.2 Å². The average molecular weight is 617 g/mol. The van der Waals surface area contributed by atoms with E-state index >= 15 is 0 Å². The van der Waals surface area contributed by atoms with Crippen molar-refractivity contribution in [1.29, 1.82) is 0 Å². The highest BCUT2D eigenvalue weighted by Gasteiger charge is 2.38. The van der Waals surface area contributed by atoms with Gasteiger partial charge in [-0.25, -0.2) is 0 Å². The van der Waals surface area contributed by atoms with E-state index in [0.29, 0.717) is 11.5 Å². The Labute approximate surface area is 277 Å². The van der Waals surface area contributed by atoms with Crippen molar-refractivity contribution >= 4 is 0 Å². The lowest BCUT2D eigenvalue weighted by molar-refractivity contribution is 0.208. The Hall–Kier alpha value is -1.96. The van der Waals surface area contributed by atoms with Crippen molar-refractivity contribution in [3.05, 3.63) is 59.7 Å². The van der Waals surface area contributed by atoms with Crippen LogP contribution in [0, 0.1) is 17.8 Å². The zero-order valence-electron chi connectivity index (χ0n) is 29.1. The molecule has 2 heteroatoms. The average Bonchev–Trinajstić information content (AvgIpc) is 3.07. The fraction of sp³-hybridized carbons (Fsp3) is 0.721. The van der Waals surface area contributed by atoms with Gasteiger partial charge in [-0.15, -0.1) is 0 Å². The van der Waals surface area contributed by atoms with Crippen LogP contribution in [-0.2, 0) is 5.41 Å². The maximum atomic E-state index is 9.90. The minimum Gasteiger partial charge on any atom is -0.508 e. The predicted molar refractivity (Wildman–Crippen MR) is 193 cm³/mol. The topological polar surface area (TPSA) is 40.5 Å². The fourth-order valence-corrected chi connectivity index (χ4v) is 8.85. The molecule has 0 spiro atoms. The summed E-state index contributed by atoms with van der Waals surface area (Å²) in [6.45, 7) is 2.30. The van der Waals surface area contributed by atoms with Crippen molar-refractivity contribution in [2.24, 2.45) is 17.8 Å². The van der Waals surface area contributed by atoms with Crippen LogP contribution in [0.5, 0.6) is 11.5 Å². The smallest absolute Gasteiger partial charge is 0.115 e. The number of unbranched alkanes of at least 4 members (excludes halogenated alkanes) is 14. The van der Waals surface area contributed by atoms with Crippen LogP contribution in [0.2, 0.25) is 0 Å². The molecule has 2 aliphatic carbocycles. The molecule has 2 aromatic carbocycles. The lowest BCUT2D eigenvalue weighted by Crippen LogP contribution is -2.33. The molecule has 0 atom stereocenters. The van der Waals surface area contributed by atoms with E-state index in [0.717, 1.165) is 30.6 Å². The second-order valence-corrected chi connectivity index (χ2v) is 15.3. The van der Waals surface area contributed by atoms with Crippen LogP contribution in [0.4, 0.5) is 0 Å². The summed E-state index contributed by atoms with van der Waals surface area (Å²) in [4.78, 5) is 0. The molecule has 45 heavy (non-hydrogen) atoms. The second-order valence-electron chi connectivity index (χ2n) is 15.3. The molecular weight excluding hydrogens is 548 g/mol. The van der Waals surface area contributed by atoms with Gasteiger partial charge in [0.1, 0.15) is 11.5 Å². The molecule has 0 heterocycles. The first-order chi connectivity index (χ1) is 22.1. The van der Waals surface area contributed by atoms with Gasteiger partial charge in [-0.05, 0) is 78.8 Å². The van der Waals surface area contributed by atoms with Crippen molar-refractivity contribution in [1.82, 2.24) is 0 Å². The molecule has 2 nitrogen and oxygen atoms in total. The minimum atomic E-state index is -0.0110. The third-order valence-electron chi connectivity index (χ3n) is 12.0. The van der Waals surface area contributed by atoms with Crippen molar-refractivity contribution in [2.75, 3.05) is 0 Å². The number of aromatic hydroxyl groups is 2. The van der Waals surface area contributed by atoms with E-state index in [1.165, 1.54) is 165 Å². The van der Waals surface area contributed by atoms with E-state index < -0.39 is 0 Å². The normalized spacial score (nSPS) is 20.4. The summed E-state index contributed by atoms with van der Waals surface area (Å²) in [7, 11) is 0. The molecule has 0 saturated heterocycles. The molecular formula is C43H68O2. The third kappa shape index (κ3) is 12.3. The molecule has 0 radical (unpaired) electrons. The molecule has 2 fully saturated rings. The first-order valence-electron chi connectivity index (χ1n) is 19.7. The Morgan fingerprint density at radius 2 is 0.778 bits per heavy atom. The van der Waals surface area contributed by atoms with Gasteiger partial charge in [-0.3, -0.25) is 0 Å². The van der Waals surface area contributed by atoms with E-state index in [1.807, 2.05) is 24.3 Å². The molecule has 0 amide bonds. The Kier molecular flexibility index (Phi) is 16.2. The van der Waals surface area contributed by atoms with Crippen LogP contribution in [-0.4, -0.2) is 10.2 Å². The Balaban J connectivity index is 1.03. The molecule has 0 aromatic heterocycles.